The lowest BCUT2D eigenvalue weighted by atomic mass is 10.2. The van der Waals surface area contributed by atoms with Crippen molar-refractivity contribution in [3.63, 3.8) is 0 Å². The van der Waals surface area contributed by atoms with E-state index in [1.807, 2.05) is 36.2 Å². The highest BCUT2D eigenvalue weighted by Crippen LogP contribution is 2.12. The first-order chi connectivity index (χ1) is 12.5. The standard InChI is InChI=1S/C20H21ClN4O.HI/c1-4-15-7-6-10-18(12-15)24-19(26)13-23-20(22-2)25(3)14-16-8-5-9-17(21)11-16;/h1,5-12H,13-14H2,2-3H3,(H,22,23)(H,24,26);1H. The number of halogens is 2. The van der Waals surface area contributed by atoms with Gasteiger partial charge >= 0.3 is 0 Å². The molecule has 2 aromatic carbocycles. The third-order valence-corrected chi connectivity index (χ3v) is 3.84. The molecular formula is C20H22ClIN4O. The van der Waals surface area contributed by atoms with E-state index in [2.05, 4.69) is 21.5 Å². The molecule has 0 aliphatic carbocycles. The second-order valence-corrected chi connectivity index (χ2v) is 6.10. The number of benzene rings is 2. The van der Waals surface area contributed by atoms with Crippen molar-refractivity contribution in [3.05, 3.63) is 64.7 Å². The van der Waals surface area contributed by atoms with Crippen LogP contribution in [-0.2, 0) is 11.3 Å². The fourth-order valence-electron chi connectivity index (χ4n) is 2.42. The van der Waals surface area contributed by atoms with Crippen LogP contribution in [0.5, 0.6) is 0 Å². The van der Waals surface area contributed by atoms with Crippen molar-refractivity contribution < 1.29 is 4.79 Å². The van der Waals surface area contributed by atoms with E-state index in [0.29, 0.717) is 28.8 Å². The lowest BCUT2D eigenvalue weighted by Crippen LogP contribution is -2.42. The van der Waals surface area contributed by atoms with Gasteiger partial charge < -0.3 is 15.5 Å². The zero-order valence-electron chi connectivity index (χ0n) is 15.2. The van der Waals surface area contributed by atoms with Crippen molar-refractivity contribution >= 4 is 53.1 Å². The minimum atomic E-state index is -0.184. The van der Waals surface area contributed by atoms with Crippen LogP contribution < -0.4 is 10.6 Å². The highest BCUT2D eigenvalue weighted by molar-refractivity contribution is 14.0. The van der Waals surface area contributed by atoms with Gasteiger partial charge in [-0.2, -0.15) is 0 Å². The van der Waals surface area contributed by atoms with E-state index in [-0.39, 0.29) is 36.4 Å². The summed E-state index contributed by atoms with van der Waals surface area (Å²) in [7, 11) is 3.57. The third kappa shape index (κ3) is 7.49. The molecule has 0 bridgehead atoms. The Labute approximate surface area is 182 Å². The maximum Gasteiger partial charge on any atom is 0.243 e. The van der Waals surface area contributed by atoms with Crippen molar-refractivity contribution in [3.8, 4) is 12.3 Å². The van der Waals surface area contributed by atoms with Crippen LogP contribution in [0.15, 0.2) is 53.5 Å². The molecule has 0 radical (unpaired) electrons. The van der Waals surface area contributed by atoms with Gasteiger partial charge in [-0.25, -0.2) is 0 Å². The molecule has 0 aliphatic rings. The summed E-state index contributed by atoms with van der Waals surface area (Å²) in [6.45, 7) is 0.707. The Bertz CT molecular complexity index is 848. The largest absolute Gasteiger partial charge is 0.347 e. The number of aliphatic imine (C=N–C) groups is 1. The molecule has 2 aromatic rings. The number of hydrogen-bond donors (Lipinski definition) is 2. The molecule has 2 N–H and O–H groups in total. The topological polar surface area (TPSA) is 56.7 Å². The molecule has 0 atom stereocenters. The normalized spacial score (nSPS) is 10.4. The maximum atomic E-state index is 12.1. The van der Waals surface area contributed by atoms with Crippen molar-refractivity contribution in [1.82, 2.24) is 10.2 Å². The molecule has 5 nitrogen and oxygen atoms in total. The predicted octanol–water partition coefficient (Wildman–Crippen LogP) is 3.59. The van der Waals surface area contributed by atoms with Crippen LogP contribution in [0.3, 0.4) is 0 Å². The molecule has 0 heterocycles. The molecule has 0 spiro atoms. The molecule has 1 amide bonds. The van der Waals surface area contributed by atoms with Crippen LogP contribution in [0.4, 0.5) is 5.69 Å². The SMILES string of the molecule is C#Cc1cccc(NC(=O)CNC(=NC)N(C)Cc2cccc(Cl)c2)c1.I. The van der Waals surface area contributed by atoms with Crippen molar-refractivity contribution in [2.75, 3.05) is 26.0 Å². The Kier molecular flexibility index (Phi) is 9.68. The van der Waals surface area contributed by atoms with E-state index >= 15 is 0 Å². The number of carbonyl (C=O) groups is 1. The summed E-state index contributed by atoms with van der Waals surface area (Å²) in [6, 6.07) is 14.8. The summed E-state index contributed by atoms with van der Waals surface area (Å²) in [5, 5.41) is 6.53. The van der Waals surface area contributed by atoms with Gasteiger partial charge in [0.15, 0.2) is 5.96 Å². The first-order valence-corrected chi connectivity index (χ1v) is 8.42. The molecule has 0 aromatic heterocycles. The van der Waals surface area contributed by atoms with Gasteiger partial charge in [-0.15, -0.1) is 30.4 Å². The van der Waals surface area contributed by atoms with Crippen molar-refractivity contribution in [1.29, 1.82) is 0 Å². The molecule has 0 saturated heterocycles. The quantitative estimate of drug-likeness (QED) is 0.288. The molecule has 0 fully saturated rings. The highest BCUT2D eigenvalue weighted by Gasteiger charge is 2.09. The summed E-state index contributed by atoms with van der Waals surface area (Å²) in [4.78, 5) is 18.3. The number of guanidine groups is 1. The van der Waals surface area contributed by atoms with Crippen LogP contribution in [0.2, 0.25) is 5.02 Å². The summed E-state index contributed by atoms with van der Waals surface area (Å²) in [6.07, 6.45) is 5.37. The summed E-state index contributed by atoms with van der Waals surface area (Å²) in [5.74, 6) is 2.96. The number of anilines is 1. The van der Waals surface area contributed by atoms with Crippen molar-refractivity contribution in [2.24, 2.45) is 4.99 Å². The van der Waals surface area contributed by atoms with Crippen LogP contribution >= 0.6 is 35.6 Å². The lowest BCUT2D eigenvalue weighted by Gasteiger charge is -2.22. The Morgan fingerprint density at radius 3 is 2.67 bits per heavy atom. The Morgan fingerprint density at radius 2 is 2.00 bits per heavy atom. The molecule has 0 unspecified atom stereocenters. The second kappa shape index (κ2) is 11.5. The number of nitrogens with zero attached hydrogens (tertiary/aromatic N) is 2. The third-order valence-electron chi connectivity index (χ3n) is 3.60. The molecule has 27 heavy (non-hydrogen) atoms. The highest BCUT2D eigenvalue weighted by atomic mass is 127. The van der Waals surface area contributed by atoms with E-state index in [0.717, 1.165) is 5.56 Å². The van der Waals surface area contributed by atoms with E-state index in [1.165, 1.54) is 0 Å². The first-order valence-electron chi connectivity index (χ1n) is 8.04. The van der Waals surface area contributed by atoms with E-state index in [4.69, 9.17) is 18.0 Å². The molecule has 142 valence electrons. The number of hydrogen-bond acceptors (Lipinski definition) is 2. The van der Waals surface area contributed by atoms with Gasteiger partial charge in [0.05, 0.1) is 6.54 Å². The summed E-state index contributed by atoms with van der Waals surface area (Å²) in [5.41, 5.74) is 2.43. The first kappa shape index (κ1) is 22.8. The smallest absolute Gasteiger partial charge is 0.243 e. The van der Waals surface area contributed by atoms with Gasteiger partial charge in [-0.05, 0) is 35.9 Å². The fourth-order valence-corrected chi connectivity index (χ4v) is 2.63. The predicted molar refractivity (Wildman–Crippen MR) is 123 cm³/mol. The average molecular weight is 497 g/mol. The second-order valence-electron chi connectivity index (χ2n) is 5.66. The summed E-state index contributed by atoms with van der Waals surface area (Å²) < 4.78 is 0. The van der Waals surface area contributed by atoms with Crippen LogP contribution in [0.1, 0.15) is 11.1 Å². The molecule has 0 aliphatic heterocycles. The minimum Gasteiger partial charge on any atom is -0.347 e. The monoisotopic (exact) mass is 496 g/mol. The average Bonchev–Trinajstić information content (AvgIpc) is 2.62. The number of carbonyl (C=O) groups excluding carboxylic acids is 1. The molecular weight excluding hydrogens is 475 g/mol. The van der Waals surface area contributed by atoms with Gasteiger partial charge in [0.2, 0.25) is 5.91 Å². The summed E-state index contributed by atoms with van der Waals surface area (Å²) >= 11 is 6.01. The zero-order valence-corrected chi connectivity index (χ0v) is 18.3. The van der Waals surface area contributed by atoms with E-state index < -0.39 is 0 Å². The molecule has 2 rings (SSSR count). The van der Waals surface area contributed by atoms with E-state index in [1.54, 1.807) is 31.3 Å². The van der Waals surface area contributed by atoms with Crippen LogP contribution in [0.25, 0.3) is 0 Å². The fraction of sp³-hybridized carbons (Fsp3) is 0.200. The number of rotatable bonds is 5. The maximum absolute atomic E-state index is 12.1. The van der Waals surface area contributed by atoms with Crippen molar-refractivity contribution in [2.45, 2.75) is 6.54 Å². The van der Waals surface area contributed by atoms with Gasteiger partial charge in [0, 0.05) is 36.9 Å². The molecule has 0 saturated carbocycles. The van der Waals surface area contributed by atoms with Gasteiger partial charge in [-0.3, -0.25) is 9.79 Å². The Morgan fingerprint density at radius 1 is 1.26 bits per heavy atom. The lowest BCUT2D eigenvalue weighted by molar-refractivity contribution is -0.115. The number of terminal acetylenes is 1. The minimum absolute atomic E-state index is 0. The molecule has 7 heteroatoms. The van der Waals surface area contributed by atoms with Crippen LogP contribution in [-0.4, -0.2) is 37.4 Å². The zero-order chi connectivity index (χ0) is 18.9. The number of nitrogens with one attached hydrogen (secondary N) is 2. The van der Waals surface area contributed by atoms with Gasteiger partial charge in [0.1, 0.15) is 0 Å². The Balaban J connectivity index is 0.00000364. The Hall–Kier alpha value is -2.24. The number of amides is 1. The van der Waals surface area contributed by atoms with E-state index in [9.17, 15) is 4.79 Å². The van der Waals surface area contributed by atoms with Crippen LogP contribution in [0, 0.1) is 12.3 Å². The van der Waals surface area contributed by atoms with Gasteiger partial charge in [-0.1, -0.05) is 35.7 Å². The van der Waals surface area contributed by atoms with Gasteiger partial charge in [0.25, 0.3) is 0 Å².